The van der Waals surface area contributed by atoms with Gasteiger partial charge in [-0.05, 0) is 31.0 Å². The zero-order valence-corrected chi connectivity index (χ0v) is 9.62. The fourth-order valence-corrected chi connectivity index (χ4v) is 1.58. The average Bonchev–Trinajstić information content (AvgIpc) is 2.13. The van der Waals surface area contributed by atoms with Crippen LogP contribution in [-0.4, -0.2) is 12.7 Å². The molecule has 0 aliphatic rings. The van der Waals surface area contributed by atoms with Crippen molar-refractivity contribution >= 4 is 17.3 Å². The number of nitrogens with one attached hydrogen (secondary N) is 1. The smallest absolute Gasteiger partial charge is 0.384 e. The van der Waals surface area contributed by atoms with Gasteiger partial charge < -0.3 is 5.32 Å². The predicted molar refractivity (Wildman–Crippen MR) is 60.0 cm³/mol. The SMILES string of the molecule is Cc1ccc(NCCCC(F)(F)F)c(Cl)c1. The molecule has 16 heavy (non-hydrogen) atoms. The molecule has 1 aromatic rings. The Balaban J connectivity index is 2.38. The predicted octanol–water partition coefficient (Wildman–Crippen LogP) is 4.40. The molecule has 0 heterocycles. The van der Waals surface area contributed by atoms with Crippen LogP contribution in [0.1, 0.15) is 18.4 Å². The van der Waals surface area contributed by atoms with E-state index in [2.05, 4.69) is 5.32 Å². The first-order chi connectivity index (χ1) is 7.38. The van der Waals surface area contributed by atoms with Crippen molar-refractivity contribution in [2.24, 2.45) is 0 Å². The normalized spacial score (nSPS) is 11.6. The third-order valence-corrected chi connectivity index (χ3v) is 2.39. The van der Waals surface area contributed by atoms with E-state index in [1.54, 1.807) is 12.1 Å². The second-order valence-electron chi connectivity index (χ2n) is 3.63. The zero-order chi connectivity index (χ0) is 12.2. The summed E-state index contributed by atoms with van der Waals surface area (Å²) in [6, 6.07) is 5.40. The highest BCUT2D eigenvalue weighted by Crippen LogP contribution is 2.24. The van der Waals surface area contributed by atoms with E-state index in [1.165, 1.54) is 0 Å². The molecule has 1 rings (SSSR count). The molecular formula is C11H13ClF3N. The third kappa shape index (κ3) is 4.75. The number of anilines is 1. The quantitative estimate of drug-likeness (QED) is 0.782. The molecule has 0 fully saturated rings. The van der Waals surface area contributed by atoms with Crippen LogP contribution in [0.15, 0.2) is 18.2 Å². The second-order valence-corrected chi connectivity index (χ2v) is 4.04. The highest BCUT2D eigenvalue weighted by molar-refractivity contribution is 6.33. The third-order valence-electron chi connectivity index (χ3n) is 2.08. The van der Waals surface area contributed by atoms with Crippen molar-refractivity contribution in [3.63, 3.8) is 0 Å². The first kappa shape index (κ1) is 13.2. The van der Waals surface area contributed by atoms with Crippen molar-refractivity contribution in [1.82, 2.24) is 0 Å². The van der Waals surface area contributed by atoms with E-state index in [4.69, 9.17) is 11.6 Å². The van der Waals surface area contributed by atoms with E-state index in [9.17, 15) is 13.2 Å². The van der Waals surface area contributed by atoms with E-state index in [-0.39, 0.29) is 13.0 Å². The Labute approximate surface area is 97.6 Å². The number of alkyl halides is 3. The molecule has 90 valence electrons. The monoisotopic (exact) mass is 251 g/mol. The first-order valence-electron chi connectivity index (χ1n) is 4.95. The van der Waals surface area contributed by atoms with Gasteiger partial charge in [0.05, 0.1) is 10.7 Å². The fourth-order valence-electron chi connectivity index (χ4n) is 1.28. The van der Waals surface area contributed by atoms with Crippen LogP contribution in [0.3, 0.4) is 0 Å². The van der Waals surface area contributed by atoms with Gasteiger partial charge in [0.1, 0.15) is 0 Å². The fraction of sp³-hybridized carbons (Fsp3) is 0.455. The highest BCUT2D eigenvalue weighted by Gasteiger charge is 2.25. The van der Waals surface area contributed by atoms with Gasteiger partial charge in [-0.3, -0.25) is 0 Å². The van der Waals surface area contributed by atoms with Gasteiger partial charge in [-0.25, -0.2) is 0 Å². The molecule has 0 spiro atoms. The van der Waals surface area contributed by atoms with E-state index in [0.717, 1.165) is 5.56 Å². The lowest BCUT2D eigenvalue weighted by Crippen LogP contribution is -2.11. The lowest BCUT2D eigenvalue weighted by Gasteiger charge is -2.10. The molecule has 1 N–H and O–H groups in total. The van der Waals surface area contributed by atoms with Gasteiger partial charge in [-0.15, -0.1) is 0 Å². The Morgan fingerprint density at radius 1 is 1.31 bits per heavy atom. The molecule has 1 nitrogen and oxygen atoms in total. The van der Waals surface area contributed by atoms with Crippen LogP contribution in [0.5, 0.6) is 0 Å². The number of hydrogen-bond donors (Lipinski definition) is 1. The minimum Gasteiger partial charge on any atom is -0.384 e. The van der Waals surface area contributed by atoms with Gasteiger partial charge in [0.25, 0.3) is 0 Å². The number of halogens is 4. The minimum absolute atomic E-state index is 0.0493. The molecule has 0 saturated carbocycles. The lowest BCUT2D eigenvalue weighted by atomic mass is 10.2. The van der Waals surface area contributed by atoms with Crippen molar-refractivity contribution in [2.45, 2.75) is 25.9 Å². The molecule has 0 aliphatic heterocycles. The summed E-state index contributed by atoms with van der Waals surface area (Å²) >= 11 is 5.91. The van der Waals surface area contributed by atoms with E-state index < -0.39 is 12.6 Å². The number of hydrogen-bond acceptors (Lipinski definition) is 1. The van der Waals surface area contributed by atoms with Gasteiger partial charge >= 0.3 is 6.18 Å². The summed E-state index contributed by atoms with van der Waals surface area (Å²) < 4.78 is 35.6. The number of aryl methyl sites for hydroxylation is 1. The molecule has 0 bridgehead atoms. The Kier molecular flexibility index (Phi) is 4.47. The van der Waals surface area contributed by atoms with Crippen LogP contribution in [0.4, 0.5) is 18.9 Å². The summed E-state index contributed by atoms with van der Waals surface area (Å²) in [7, 11) is 0. The van der Waals surface area contributed by atoms with Gasteiger partial charge in [0.2, 0.25) is 0 Å². The first-order valence-corrected chi connectivity index (χ1v) is 5.33. The van der Waals surface area contributed by atoms with Crippen LogP contribution in [0.25, 0.3) is 0 Å². The van der Waals surface area contributed by atoms with Gasteiger partial charge in [0, 0.05) is 13.0 Å². The van der Waals surface area contributed by atoms with Crippen LogP contribution in [0, 0.1) is 6.92 Å². The molecule has 0 amide bonds. The van der Waals surface area contributed by atoms with Crippen molar-refractivity contribution in [3.05, 3.63) is 28.8 Å². The molecule has 0 radical (unpaired) electrons. The topological polar surface area (TPSA) is 12.0 Å². The van der Waals surface area contributed by atoms with E-state index in [0.29, 0.717) is 10.7 Å². The Bertz CT molecular complexity index is 350. The zero-order valence-electron chi connectivity index (χ0n) is 8.87. The van der Waals surface area contributed by atoms with Crippen molar-refractivity contribution in [2.75, 3.05) is 11.9 Å². The summed E-state index contributed by atoms with van der Waals surface area (Å²) in [4.78, 5) is 0. The van der Waals surface area contributed by atoms with Crippen LogP contribution in [-0.2, 0) is 0 Å². The molecular weight excluding hydrogens is 239 g/mol. The Morgan fingerprint density at radius 3 is 2.56 bits per heavy atom. The largest absolute Gasteiger partial charge is 0.389 e. The number of benzene rings is 1. The molecule has 0 aromatic heterocycles. The molecule has 0 aliphatic carbocycles. The van der Waals surface area contributed by atoms with Crippen molar-refractivity contribution < 1.29 is 13.2 Å². The van der Waals surface area contributed by atoms with Crippen LogP contribution in [0.2, 0.25) is 5.02 Å². The minimum atomic E-state index is -4.08. The molecule has 1 aromatic carbocycles. The maximum atomic E-state index is 11.9. The Morgan fingerprint density at radius 2 is 2.00 bits per heavy atom. The average molecular weight is 252 g/mol. The Hall–Kier alpha value is -0.900. The second kappa shape index (κ2) is 5.43. The van der Waals surface area contributed by atoms with Crippen LogP contribution >= 0.6 is 11.6 Å². The summed E-state index contributed by atoms with van der Waals surface area (Å²) in [6.45, 7) is 2.17. The van der Waals surface area contributed by atoms with Gasteiger partial charge in [-0.1, -0.05) is 17.7 Å². The van der Waals surface area contributed by atoms with Crippen molar-refractivity contribution in [3.8, 4) is 0 Å². The van der Waals surface area contributed by atoms with E-state index >= 15 is 0 Å². The van der Waals surface area contributed by atoms with E-state index in [1.807, 2.05) is 13.0 Å². The lowest BCUT2D eigenvalue weighted by molar-refractivity contribution is -0.134. The standard InChI is InChI=1S/C11H13ClF3N/c1-8-3-4-10(9(12)7-8)16-6-2-5-11(13,14)15/h3-4,7,16H,2,5-6H2,1H3. The molecule has 0 atom stereocenters. The van der Waals surface area contributed by atoms with Crippen LogP contribution < -0.4 is 5.32 Å². The van der Waals surface area contributed by atoms with Crippen molar-refractivity contribution in [1.29, 1.82) is 0 Å². The highest BCUT2D eigenvalue weighted by atomic mass is 35.5. The summed E-state index contributed by atoms with van der Waals surface area (Å²) in [5, 5.41) is 3.42. The maximum Gasteiger partial charge on any atom is 0.389 e. The molecule has 0 unspecified atom stereocenters. The summed E-state index contributed by atoms with van der Waals surface area (Å²) in [6.07, 6.45) is -4.81. The summed E-state index contributed by atoms with van der Waals surface area (Å²) in [5.41, 5.74) is 1.69. The molecule has 0 saturated heterocycles. The van der Waals surface area contributed by atoms with Gasteiger partial charge in [-0.2, -0.15) is 13.2 Å². The maximum absolute atomic E-state index is 11.9. The van der Waals surface area contributed by atoms with Gasteiger partial charge in [0.15, 0.2) is 0 Å². The molecule has 5 heteroatoms. The summed E-state index contributed by atoms with van der Waals surface area (Å²) in [5.74, 6) is 0. The number of rotatable bonds is 4.